The Labute approximate surface area is 208 Å². The van der Waals surface area contributed by atoms with Crippen molar-refractivity contribution in [2.24, 2.45) is 17.8 Å². The van der Waals surface area contributed by atoms with Crippen molar-refractivity contribution in [2.45, 2.75) is 72.3 Å². The molecule has 0 radical (unpaired) electrons. The molecule has 1 fully saturated rings. The molecular formula is C19H13F21. The minimum Gasteiger partial charge on any atom is -0.199 e. The van der Waals surface area contributed by atoms with Gasteiger partial charge in [-0.25, -0.2) is 0 Å². The van der Waals surface area contributed by atoms with Gasteiger partial charge in [-0.3, -0.25) is 0 Å². The quantitative estimate of drug-likeness (QED) is 0.156. The second-order valence-corrected chi connectivity index (χ2v) is 8.69. The third-order valence-electron chi connectivity index (χ3n) is 6.29. The van der Waals surface area contributed by atoms with Crippen LogP contribution in [0, 0.1) is 17.8 Å². The lowest BCUT2D eigenvalue weighted by molar-refractivity contribution is -0.475. The maximum atomic E-state index is 14.5. The highest BCUT2D eigenvalue weighted by atomic mass is 19.4. The van der Waals surface area contributed by atoms with Crippen LogP contribution in [0.5, 0.6) is 0 Å². The van der Waals surface area contributed by atoms with Gasteiger partial charge >= 0.3 is 59.5 Å². The van der Waals surface area contributed by atoms with Crippen molar-refractivity contribution < 1.29 is 92.2 Å². The molecule has 1 rings (SSSR count). The van der Waals surface area contributed by atoms with Gasteiger partial charge in [-0.2, -0.15) is 92.2 Å². The van der Waals surface area contributed by atoms with E-state index < -0.39 is 90.1 Å². The maximum absolute atomic E-state index is 14.5. The molecule has 0 nitrogen and oxygen atoms in total. The summed E-state index contributed by atoms with van der Waals surface area (Å²) in [6, 6.07) is 0. The van der Waals surface area contributed by atoms with E-state index in [4.69, 9.17) is 0 Å². The van der Waals surface area contributed by atoms with Crippen molar-refractivity contribution in [2.75, 3.05) is 0 Å². The van der Waals surface area contributed by atoms with Crippen LogP contribution in [0.2, 0.25) is 0 Å². The highest BCUT2D eigenvalue weighted by Gasteiger charge is 2.98. The Bertz CT molecular complexity index is 956. The van der Waals surface area contributed by atoms with Gasteiger partial charge in [0.25, 0.3) is 0 Å². The Morgan fingerprint density at radius 1 is 0.400 bits per heavy atom. The molecule has 0 N–H and O–H groups in total. The zero-order valence-corrected chi connectivity index (χ0v) is 18.7. The van der Waals surface area contributed by atoms with E-state index in [1.54, 1.807) is 0 Å². The van der Waals surface area contributed by atoms with E-state index in [2.05, 4.69) is 13.2 Å². The summed E-state index contributed by atoms with van der Waals surface area (Å²) < 4.78 is 284. The smallest absolute Gasteiger partial charge is 0.199 e. The fourth-order valence-corrected chi connectivity index (χ4v) is 3.78. The monoisotopic (exact) mass is 640 g/mol. The predicted octanol–water partition coefficient (Wildman–Crippen LogP) is 9.28. The summed E-state index contributed by atoms with van der Waals surface area (Å²) in [5.74, 6) is -83.2. The molecule has 21 heteroatoms. The van der Waals surface area contributed by atoms with Crippen molar-refractivity contribution in [1.82, 2.24) is 0 Å². The maximum Gasteiger partial charge on any atom is 0.460 e. The largest absolute Gasteiger partial charge is 0.460 e. The van der Waals surface area contributed by atoms with Crippen LogP contribution in [0.1, 0.15) is 12.8 Å². The summed E-state index contributed by atoms with van der Waals surface area (Å²) >= 11 is 0. The molecular weight excluding hydrogens is 627 g/mol. The molecule has 40 heavy (non-hydrogen) atoms. The average molecular weight is 640 g/mol. The highest BCUT2D eigenvalue weighted by molar-refractivity contribution is 5.19. The van der Waals surface area contributed by atoms with E-state index in [9.17, 15) is 92.2 Å². The molecule has 3 atom stereocenters. The summed E-state index contributed by atoms with van der Waals surface area (Å²) in [5.41, 5.74) is 0. The van der Waals surface area contributed by atoms with Crippen LogP contribution >= 0.6 is 0 Å². The number of halogens is 21. The van der Waals surface area contributed by atoms with Crippen molar-refractivity contribution >= 4 is 0 Å². The molecule has 3 unspecified atom stereocenters. The van der Waals surface area contributed by atoms with Crippen LogP contribution < -0.4 is 0 Å². The zero-order valence-electron chi connectivity index (χ0n) is 18.7. The van der Waals surface area contributed by atoms with Gasteiger partial charge < -0.3 is 0 Å². The van der Waals surface area contributed by atoms with E-state index in [0.717, 1.165) is 6.08 Å². The van der Waals surface area contributed by atoms with Gasteiger partial charge in [0.1, 0.15) is 0 Å². The second kappa shape index (κ2) is 9.52. The van der Waals surface area contributed by atoms with Crippen LogP contribution in [0.15, 0.2) is 25.3 Å². The minimum absolute atomic E-state index is 0.390. The van der Waals surface area contributed by atoms with E-state index in [0.29, 0.717) is 6.08 Å². The summed E-state index contributed by atoms with van der Waals surface area (Å²) in [5, 5.41) is 0. The third-order valence-corrected chi connectivity index (χ3v) is 6.29. The van der Waals surface area contributed by atoms with E-state index >= 15 is 0 Å². The lowest BCUT2D eigenvalue weighted by Crippen LogP contribution is -2.77. The Kier molecular flexibility index (Phi) is 8.57. The Morgan fingerprint density at radius 2 is 0.700 bits per heavy atom. The molecule has 0 aliphatic heterocycles. The van der Waals surface area contributed by atoms with Crippen molar-refractivity contribution in [3.63, 3.8) is 0 Å². The summed E-state index contributed by atoms with van der Waals surface area (Å²) in [6.07, 6.45) is -8.83. The highest BCUT2D eigenvalue weighted by Crippen LogP contribution is 2.67. The predicted molar refractivity (Wildman–Crippen MR) is 90.7 cm³/mol. The van der Waals surface area contributed by atoms with Crippen molar-refractivity contribution in [3.05, 3.63) is 25.3 Å². The molecule has 0 saturated heterocycles. The summed E-state index contributed by atoms with van der Waals surface area (Å²) in [7, 11) is 0. The first kappa shape index (κ1) is 36.0. The number of alkyl halides is 21. The summed E-state index contributed by atoms with van der Waals surface area (Å²) in [6.45, 7) is 5.90. The molecule has 0 bridgehead atoms. The molecule has 0 aromatic heterocycles. The van der Waals surface area contributed by atoms with Gasteiger partial charge in [-0.05, 0) is 24.7 Å². The number of hydrogen-bond donors (Lipinski definition) is 0. The normalized spacial score (nSPS) is 23.4. The van der Waals surface area contributed by atoms with Gasteiger partial charge in [0.2, 0.25) is 0 Å². The standard InChI is InChI=1S/C19H13F21/c1-3-7-5-8(4-2)9(6-7)10(20,21)11(22,23)12(24,25)13(26,27)14(28,29)15(30,31)16(32,33)17(34,35)18(36,37)19(38,39)40/h3-4,7-9H,1-2,5-6H2. The van der Waals surface area contributed by atoms with Gasteiger partial charge in [0, 0.05) is 5.92 Å². The molecule has 1 aliphatic carbocycles. The fourth-order valence-electron chi connectivity index (χ4n) is 3.78. The van der Waals surface area contributed by atoms with Gasteiger partial charge in [0.05, 0.1) is 0 Å². The van der Waals surface area contributed by atoms with Gasteiger partial charge in [-0.1, -0.05) is 12.2 Å². The first-order valence-corrected chi connectivity index (χ1v) is 9.96. The van der Waals surface area contributed by atoms with Crippen LogP contribution in [-0.2, 0) is 0 Å². The molecule has 1 saturated carbocycles. The molecule has 0 aromatic rings. The Morgan fingerprint density at radius 3 is 0.975 bits per heavy atom. The molecule has 0 aromatic carbocycles. The Balaban J connectivity index is 3.79. The third kappa shape index (κ3) is 4.33. The number of rotatable bonds is 11. The lowest BCUT2D eigenvalue weighted by atomic mass is 9.80. The molecule has 0 amide bonds. The zero-order chi connectivity index (χ0) is 32.6. The molecule has 0 heterocycles. The number of allylic oxidation sites excluding steroid dienone is 2. The average Bonchev–Trinajstić information content (AvgIpc) is 3.21. The van der Waals surface area contributed by atoms with Crippen LogP contribution in [0.4, 0.5) is 92.2 Å². The SMILES string of the molecule is C=CC1CC(C=C)C(C(F)(F)C(F)(F)C(F)(F)C(F)(F)C(F)(F)C(F)(F)C(F)(F)C(F)(F)C(F)(F)C(F)(F)F)C1. The van der Waals surface area contributed by atoms with Crippen LogP contribution in [0.3, 0.4) is 0 Å². The second-order valence-electron chi connectivity index (χ2n) is 8.69. The van der Waals surface area contributed by atoms with E-state index in [1.807, 2.05) is 0 Å². The molecule has 236 valence electrons. The van der Waals surface area contributed by atoms with Crippen LogP contribution in [0.25, 0.3) is 0 Å². The minimum atomic E-state index is -9.17. The topological polar surface area (TPSA) is 0 Å². The van der Waals surface area contributed by atoms with Crippen LogP contribution in [-0.4, -0.2) is 59.5 Å². The van der Waals surface area contributed by atoms with Crippen molar-refractivity contribution in [1.29, 1.82) is 0 Å². The fraction of sp³-hybridized carbons (Fsp3) is 0.789. The van der Waals surface area contributed by atoms with Gasteiger partial charge in [0.15, 0.2) is 0 Å². The first-order chi connectivity index (χ1) is 17.2. The lowest BCUT2D eigenvalue weighted by Gasteiger charge is -2.45. The van der Waals surface area contributed by atoms with E-state index in [-0.39, 0.29) is 0 Å². The number of hydrogen-bond acceptors (Lipinski definition) is 0. The summed E-state index contributed by atoms with van der Waals surface area (Å²) in [4.78, 5) is 0. The first-order valence-electron chi connectivity index (χ1n) is 9.96. The van der Waals surface area contributed by atoms with E-state index in [1.165, 1.54) is 0 Å². The Hall–Kier alpha value is -1.99. The molecule has 1 aliphatic rings. The van der Waals surface area contributed by atoms with Gasteiger partial charge in [-0.15, -0.1) is 13.2 Å². The molecule has 0 spiro atoms. The van der Waals surface area contributed by atoms with Crippen molar-refractivity contribution in [3.8, 4) is 0 Å².